The number of aliphatic hydroxyl groups excluding tert-OH is 2. The Morgan fingerprint density at radius 3 is 1.76 bits per heavy atom. The normalized spacial score (nSPS) is 20.4. The molecule has 4 atom stereocenters. The number of aliphatic hydroxyl groups is 2. The fourth-order valence-electron chi connectivity index (χ4n) is 7.95. The Kier molecular flexibility index (Phi) is 13.7. The van der Waals surface area contributed by atoms with E-state index < -0.39 is 0 Å². The van der Waals surface area contributed by atoms with Crippen molar-refractivity contribution in [3.05, 3.63) is 95.8 Å². The van der Waals surface area contributed by atoms with E-state index in [1.807, 2.05) is 64.0 Å². The molecule has 0 spiro atoms. The molecule has 12 heteroatoms. The van der Waals surface area contributed by atoms with Crippen LogP contribution in [-0.4, -0.2) is 97.0 Å². The van der Waals surface area contributed by atoms with Crippen molar-refractivity contribution >= 4 is 33.6 Å². The van der Waals surface area contributed by atoms with Crippen molar-refractivity contribution in [3.63, 3.8) is 0 Å². The van der Waals surface area contributed by atoms with Crippen molar-refractivity contribution in [2.24, 2.45) is 0 Å². The van der Waals surface area contributed by atoms with E-state index in [0.717, 1.165) is 80.0 Å². The van der Waals surface area contributed by atoms with Gasteiger partial charge < -0.3 is 26.2 Å². The van der Waals surface area contributed by atoms with E-state index >= 15 is 0 Å². The van der Waals surface area contributed by atoms with Gasteiger partial charge in [-0.25, -0.2) is 0 Å². The highest BCUT2D eigenvalue weighted by Crippen LogP contribution is 2.26. The molecule has 2 amide bonds. The van der Waals surface area contributed by atoms with Gasteiger partial charge in [0.15, 0.2) is 11.4 Å². The minimum Gasteiger partial charge on any atom is -0.396 e. The SMILES string of the molecule is CC(C)n1nc(C(=O)N[C@H]2CC[C@@H](CCO)N(Cc3ccccc3)C2)c2ccccc21.CC(C)n1nc(C(=O)N[C@H]2CC[C@@H](CCO)NC2)c2ccccc21. The number of rotatable bonds is 12. The highest BCUT2D eigenvalue weighted by atomic mass is 16.3. The predicted molar refractivity (Wildman–Crippen MR) is 217 cm³/mol. The van der Waals surface area contributed by atoms with Gasteiger partial charge in [0.25, 0.3) is 11.8 Å². The Hall–Kier alpha value is -4.62. The number of likely N-dealkylation sites (tertiary alicyclic amines) is 1. The summed E-state index contributed by atoms with van der Waals surface area (Å²) in [5.74, 6) is -0.223. The summed E-state index contributed by atoms with van der Waals surface area (Å²) in [5, 5.41) is 39.2. The van der Waals surface area contributed by atoms with Crippen LogP contribution in [0.1, 0.15) is 105 Å². The van der Waals surface area contributed by atoms with E-state index in [4.69, 9.17) is 5.11 Å². The fraction of sp³-hybridized carbons (Fsp3) is 0.488. The number of hydrogen-bond donors (Lipinski definition) is 5. The second-order valence-corrected chi connectivity index (χ2v) is 15.5. The van der Waals surface area contributed by atoms with Crippen molar-refractivity contribution in [2.45, 2.75) is 109 Å². The molecule has 2 aliphatic heterocycles. The molecule has 0 unspecified atom stereocenters. The van der Waals surface area contributed by atoms with Crippen LogP contribution >= 0.6 is 0 Å². The van der Waals surface area contributed by atoms with Crippen LogP contribution < -0.4 is 16.0 Å². The van der Waals surface area contributed by atoms with Crippen LogP contribution in [0.3, 0.4) is 0 Å². The van der Waals surface area contributed by atoms with E-state index in [9.17, 15) is 14.7 Å². The lowest BCUT2D eigenvalue weighted by molar-refractivity contribution is 0.0765. The van der Waals surface area contributed by atoms with E-state index in [1.54, 1.807) is 0 Å². The Balaban J connectivity index is 0.000000193. The molecule has 12 nitrogen and oxygen atoms in total. The predicted octanol–water partition coefficient (Wildman–Crippen LogP) is 5.61. The summed E-state index contributed by atoms with van der Waals surface area (Å²) in [4.78, 5) is 28.3. The molecule has 2 aromatic heterocycles. The molecule has 4 heterocycles. The summed E-state index contributed by atoms with van der Waals surface area (Å²) < 4.78 is 3.82. The molecular weight excluding hydrogens is 693 g/mol. The van der Waals surface area contributed by atoms with Gasteiger partial charge in [0, 0.05) is 79.9 Å². The van der Waals surface area contributed by atoms with Crippen LogP contribution in [-0.2, 0) is 6.54 Å². The van der Waals surface area contributed by atoms with E-state index in [-0.39, 0.29) is 49.2 Å². The van der Waals surface area contributed by atoms with Crippen molar-refractivity contribution in [1.82, 2.24) is 40.4 Å². The zero-order valence-corrected chi connectivity index (χ0v) is 32.7. The second-order valence-electron chi connectivity index (χ2n) is 15.5. The third-order valence-electron chi connectivity index (χ3n) is 10.8. The van der Waals surface area contributed by atoms with Gasteiger partial charge in [0.2, 0.25) is 0 Å². The quantitative estimate of drug-likeness (QED) is 0.111. The molecule has 0 saturated carbocycles. The Morgan fingerprint density at radius 2 is 1.24 bits per heavy atom. The maximum absolute atomic E-state index is 13.2. The lowest BCUT2D eigenvalue weighted by Crippen LogP contribution is -2.51. The van der Waals surface area contributed by atoms with Crippen LogP contribution in [0.15, 0.2) is 78.9 Å². The molecule has 5 N–H and O–H groups in total. The molecule has 3 aromatic carbocycles. The summed E-state index contributed by atoms with van der Waals surface area (Å²) in [6.07, 6.45) is 5.28. The third kappa shape index (κ3) is 9.80. The van der Waals surface area contributed by atoms with Crippen molar-refractivity contribution < 1.29 is 19.8 Å². The van der Waals surface area contributed by atoms with Gasteiger partial charge >= 0.3 is 0 Å². The average Bonchev–Trinajstić information content (AvgIpc) is 3.78. The first-order valence-electron chi connectivity index (χ1n) is 20.0. The Morgan fingerprint density at radius 1 is 0.709 bits per heavy atom. The molecule has 5 aromatic rings. The molecule has 0 aliphatic carbocycles. The minimum atomic E-state index is -0.113. The number of carbonyl (C=O) groups is 2. The van der Waals surface area contributed by atoms with E-state index in [1.165, 1.54) is 5.56 Å². The number of hydrogen-bond acceptors (Lipinski definition) is 8. The molecule has 55 heavy (non-hydrogen) atoms. The molecule has 294 valence electrons. The van der Waals surface area contributed by atoms with Crippen molar-refractivity contribution in [1.29, 1.82) is 0 Å². The second kappa shape index (κ2) is 18.8. The molecular formula is C43H58N8O4. The number of benzene rings is 3. The number of fused-ring (bicyclic) bond motifs is 2. The summed E-state index contributed by atoms with van der Waals surface area (Å²) in [5.41, 5.74) is 4.22. The number of aromatic nitrogens is 4. The van der Waals surface area contributed by atoms with Gasteiger partial charge in [-0.2, -0.15) is 10.2 Å². The average molecular weight is 751 g/mol. The maximum atomic E-state index is 13.2. The monoisotopic (exact) mass is 750 g/mol. The van der Waals surface area contributed by atoms with Gasteiger partial charge in [-0.15, -0.1) is 0 Å². The zero-order chi connectivity index (χ0) is 38.9. The smallest absolute Gasteiger partial charge is 0.272 e. The first-order valence-corrected chi connectivity index (χ1v) is 20.0. The van der Waals surface area contributed by atoms with Crippen molar-refractivity contribution in [2.75, 3.05) is 26.3 Å². The number of nitrogens with one attached hydrogen (secondary N) is 3. The molecule has 0 bridgehead atoms. The van der Waals surface area contributed by atoms with Crippen LogP contribution in [0.25, 0.3) is 21.8 Å². The zero-order valence-electron chi connectivity index (χ0n) is 32.7. The summed E-state index contributed by atoms with van der Waals surface area (Å²) in [7, 11) is 0. The minimum absolute atomic E-state index is 0.0640. The molecule has 2 saturated heterocycles. The highest BCUT2D eigenvalue weighted by molar-refractivity contribution is 6.05. The largest absolute Gasteiger partial charge is 0.396 e. The lowest BCUT2D eigenvalue weighted by atomic mass is 9.95. The number of nitrogens with zero attached hydrogens (tertiary/aromatic N) is 5. The summed E-state index contributed by atoms with van der Waals surface area (Å²) >= 11 is 0. The first kappa shape index (κ1) is 40.1. The third-order valence-corrected chi connectivity index (χ3v) is 10.8. The topological polar surface area (TPSA) is 150 Å². The van der Waals surface area contributed by atoms with Gasteiger partial charge in [-0.3, -0.25) is 23.9 Å². The number of piperidine rings is 2. The Labute approximate surface area is 324 Å². The van der Waals surface area contributed by atoms with E-state index in [2.05, 4.69) is 83.0 Å². The molecule has 7 rings (SSSR count). The summed E-state index contributed by atoms with van der Waals surface area (Å²) in [6, 6.07) is 27.4. The van der Waals surface area contributed by atoms with Gasteiger partial charge in [-0.05, 0) is 83.9 Å². The number of carbonyl (C=O) groups excluding carboxylic acids is 2. The standard InChI is InChI=1S/C25H32N4O2.C18H26N4O2/c1-18(2)29-23-11-7-6-10-22(23)24(27-29)25(31)26-20-12-13-21(14-15-30)28(17-20)16-19-8-4-3-5-9-19;1-12(2)22-16-6-4-3-5-15(16)17(21-22)18(24)20-14-8-7-13(9-10-23)19-11-14/h3-11,18,20-21,30H,12-17H2,1-2H3,(H,26,31);3-6,12-14,19,23H,7-11H2,1-2H3,(H,20,24)/t20-,21-;13-,14-/m00/s1. The maximum Gasteiger partial charge on any atom is 0.272 e. The van der Waals surface area contributed by atoms with Crippen LogP contribution in [0.4, 0.5) is 0 Å². The number of para-hydroxylation sites is 2. The first-order chi connectivity index (χ1) is 26.7. The molecule has 2 aliphatic rings. The molecule has 0 radical (unpaired) electrons. The van der Waals surface area contributed by atoms with Crippen LogP contribution in [0.2, 0.25) is 0 Å². The van der Waals surface area contributed by atoms with Crippen molar-refractivity contribution in [3.8, 4) is 0 Å². The Bertz CT molecular complexity index is 2000. The van der Waals surface area contributed by atoms with Crippen LogP contribution in [0, 0.1) is 0 Å². The van der Waals surface area contributed by atoms with Gasteiger partial charge in [0.1, 0.15) is 0 Å². The van der Waals surface area contributed by atoms with Gasteiger partial charge in [0.05, 0.1) is 11.0 Å². The lowest BCUT2D eigenvalue weighted by Gasteiger charge is -2.40. The van der Waals surface area contributed by atoms with Gasteiger partial charge in [-0.1, -0.05) is 66.7 Å². The van der Waals surface area contributed by atoms with E-state index in [0.29, 0.717) is 23.5 Å². The van der Waals surface area contributed by atoms with Crippen LogP contribution in [0.5, 0.6) is 0 Å². The number of amides is 2. The summed E-state index contributed by atoms with van der Waals surface area (Å²) in [6.45, 7) is 11.0. The fourth-order valence-corrected chi connectivity index (χ4v) is 7.95. The highest BCUT2D eigenvalue weighted by Gasteiger charge is 2.30. The molecule has 2 fully saturated rings.